The molecule has 2 rings (SSSR count). The molecule has 5 heteroatoms. The molecular weight excluding hydrogens is 244 g/mol. The fourth-order valence-electron chi connectivity index (χ4n) is 3.02. The second kappa shape index (κ2) is 5.80. The van der Waals surface area contributed by atoms with Crippen LogP contribution in [-0.2, 0) is 4.79 Å². The highest BCUT2D eigenvalue weighted by atomic mass is 16.4. The first-order valence-corrected chi connectivity index (χ1v) is 7.22. The Kier molecular flexibility index (Phi) is 4.32. The molecule has 2 amide bonds. The molecule has 0 spiro atoms. The first-order valence-electron chi connectivity index (χ1n) is 7.22. The van der Waals surface area contributed by atoms with E-state index in [1.165, 1.54) is 6.42 Å². The molecule has 0 aromatic carbocycles. The van der Waals surface area contributed by atoms with Crippen LogP contribution in [-0.4, -0.2) is 53.1 Å². The molecular formula is C14H24N2O3. The van der Waals surface area contributed by atoms with Crippen LogP contribution in [0.2, 0.25) is 0 Å². The van der Waals surface area contributed by atoms with E-state index in [4.69, 9.17) is 5.11 Å². The Labute approximate surface area is 114 Å². The maximum Gasteiger partial charge on any atom is 0.323 e. The number of rotatable bonds is 5. The number of carbonyl (C=O) groups excluding carboxylic acids is 1. The smallest absolute Gasteiger partial charge is 0.323 e. The first-order chi connectivity index (χ1) is 8.99. The van der Waals surface area contributed by atoms with Gasteiger partial charge < -0.3 is 14.9 Å². The normalized spacial score (nSPS) is 26.2. The summed E-state index contributed by atoms with van der Waals surface area (Å²) >= 11 is 0. The molecule has 0 bridgehead atoms. The zero-order valence-corrected chi connectivity index (χ0v) is 11.8. The Morgan fingerprint density at radius 3 is 2.32 bits per heavy atom. The molecule has 1 N–H and O–H groups in total. The summed E-state index contributed by atoms with van der Waals surface area (Å²) in [7, 11) is 1.79. The summed E-state index contributed by atoms with van der Waals surface area (Å²) in [6, 6.07) is -0.00363. The molecule has 0 aliphatic heterocycles. The molecule has 2 atom stereocenters. The van der Waals surface area contributed by atoms with E-state index in [-0.39, 0.29) is 18.6 Å². The second-order valence-electron chi connectivity index (χ2n) is 6.10. The SMILES string of the molecule is CC1CC1CN(C)C(=O)N(CC(=O)O)C1CCCC1. The van der Waals surface area contributed by atoms with Crippen LogP contribution in [0.25, 0.3) is 0 Å². The van der Waals surface area contributed by atoms with Crippen molar-refractivity contribution in [3.05, 3.63) is 0 Å². The number of nitrogens with zero attached hydrogens (tertiary/aromatic N) is 2. The van der Waals surface area contributed by atoms with Crippen LogP contribution in [0.3, 0.4) is 0 Å². The lowest BCUT2D eigenvalue weighted by Crippen LogP contribution is -2.48. The van der Waals surface area contributed by atoms with Crippen molar-refractivity contribution >= 4 is 12.0 Å². The van der Waals surface area contributed by atoms with Gasteiger partial charge in [0.25, 0.3) is 0 Å². The highest BCUT2D eigenvalue weighted by Crippen LogP contribution is 2.38. The van der Waals surface area contributed by atoms with Crippen molar-refractivity contribution in [2.24, 2.45) is 11.8 Å². The third-order valence-corrected chi connectivity index (χ3v) is 4.43. The number of aliphatic carboxylic acids is 1. The first kappa shape index (κ1) is 14.2. The summed E-state index contributed by atoms with van der Waals surface area (Å²) in [5, 5.41) is 9.00. The molecule has 0 heterocycles. The van der Waals surface area contributed by atoms with Crippen molar-refractivity contribution in [3.63, 3.8) is 0 Å². The summed E-state index contributed by atoms with van der Waals surface area (Å²) in [5.74, 6) is 0.382. The monoisotopic (exact) mass is 268 g/mol. The predicted molar refractivity (Wildman–Crippen MR) is 71.9 cm³/mol. The van der Waals surface area contributed by atoms with Crippen molar-refractivity contribution in [2.75, 3.05) is 20.1 Å². The molecule has 5 nitrogen and oxygen atoms in total. The summed E-state index contributed by atoms with van der Waals surface area (Å²) in [5.41, 5.74) is 0. The minimum atomic E-state index is -0.923. The van der Waals surface area contributed by atoms with E-state index in [1.54, 1.807) is 16.8 Å². The molecule has 2 saturated carbocycles. The fourth-order valence-corrected chi connectivity index (χ4v) is 3.02. The zero-order valence-electron chi connectivity index (χ0n) is 11.8. The number of carbonyl (C=O) groups is 2. The highest BCUT2D eigenvalue weighted by Gasteiger charge is 2.36. The molecule has 19 heavy (non-hydrogen) atoms. The summed E-state index contributed by atoms with van der Waals surface area (Å²) in [6.45, 7) is 2.77. The lowest BCUT2D eigenvalue weighted by molar-refractivity contribution is -0.138. The third kappa shape index (κ3) is 3.61. The molecule has 0 radical (unpaired) electrons. The molecule has 0 aromatic heterocycles. The third-order valence-electron chi connectivity index (χ3n) is 4.43. The van der Waals surface area contributed by atoms with Gasteiger partial charge in [-0.15, -0.1) is 0 Å². The topological polar surface area (TPSA) is 60.9 Å². The molecule has 108 valence electrons. The van der Waals surface area contributed by atoms with Gasteiger partial charge in [0.2, 0.25) is 0 Å². The van der Waals surface area contributed by atoms with Gasteiger partial charge in [-0.25, -0.2) is 4.79 Å². The average Bonchev–Trinajstić information content (AvgIpc) is 2.83. The molecule has 0 saturated heterocycles. The number of hydrogen-bond donors (Lipinski definition) is 1. The number of carboxylic acids is 1. The number of hydrogen-bond acceptors (Lipinski definition) is 2. The van der Waals surface area contributed by atoms with Crippen LogP contribution in [0.4, 0.5) is 4.79 Å². The van der Waals surface area contributed by atoms with Crippen molar-refractivity contribution in [1.82, 2.24) is 9.80 Å². The number of carboxylic acid groups (broad SMARTS) is 1. The Morgan fingerprint density at radius 1 is 1.26 bits per heavy atom. The maximum atomic E-state index is 12.4. The standard InChI is InChI=1S/C14H24N2O3/c1-10-7-11(10)8-15(2)14(19)16(9-13(17)18)12-5-3-4-6-12/h10-12H,3-9H2,1-2H3,(H,17,18). The highest BCUT2D eigenvalue weighted by molar-refractivity contribution is 5.80. The number of amides is 2. The van der Waals surface area contributed by atoms with Gasteiger partial charge in [-0.2, -0.15) is 0 Å². The zero-order chi connectivity index (χ0) is 14.0. The van der Waals surface area contributed by atoms with Gasteiger partial charge in [0, 0.05) is 19.6 Å². The van der Waals surface area contributed by atoms with E-state index in [0.29, 0.717) is 11.8 Å². The van der Waals surface area contributed by atoms with Crippen LogP contribution in [0, 0.1) is 11.8 Å². The average molecular weight is 268 g/mol. The Hall–Kier alpha value is -1.26. The minimum absolute atomic E-state index is 0.114. The number of urea groups is 1. The summed E-state index contributed by atoms with van der Waals surface area (Å²) < 4.78 is 0. The fraction of sp³-hybridized carbons (Fsp3) is 0.857. The summed E-state index contributed by atoms with van der Waals surface area (Å²) in [4.78, 5) is 26.7. The van der Waals surface area contributed by atoms with E-state index in [0.717, 1.165) is 32.2 Å². The van der Waals surface area contributed by atoms with Crippen LogP contribution < -0.4 is 0 Å². The second-order valence-corrected chi connectivity index (χ2v) is 6.10. The van der Waals surface area contributed by atoms with Gasteiger partial charge in [-0.3, -0.25) is 4.79 Å². The molecule has 2 unspecified atom stereocenters. The lowest BCUT2D eigenvalue weighted by Gasteiger charge is -2.31. The Balaban J connectivity index is 1.95. The van der Waals surface area contributed by atoms with Gasteiger partial charge in [-0.05, 0) is 31.1 Å². The van der Waals surface area contributed by atoms with E-state index < -0.39 is 5.97 Å². The van der Waals surface area contributed by atoms with E-state index >= 15 is 0 Å². The van der Waals surface area contributed by atoms with Crippen molar-refractivity contribution in [3.8, 4) is 0 Å². The predicted octanol–water partition coefficient (Wildman–Crippen LogP) is 2.02. The van der Waals surface area contributed by atoms with Gasteiger partial charge in [0.1, 0.15) is 6.54 Å². The van der Waals surface area contributed by atoms with E-state index in [2.05, 4.69) is 6.92 Å². The molecule has 2 aliphatic rings. The van der Waals surface area contributed by atoms with Crippen molar-refractivity contribution in [1.29, 1.82) is 0 Å². The molecule has 2 fully saturated rings. The van der Waals surface area contributed by atoms with Crippen LogP contribution in [0.15, 0.2) is 0 Å². The van der Waals surface area contributed by atoms with E-state index in [1.807, 2.05) is 0 Å². The van der Waals surface area contributed by atoms with Crippen LogP contribution in [0.5, 0.6) is 0 Å². The Morgan fingerprint density at radius 2 is 1.84 bits per heavy atom. The van der Waals surface area contributed by atoms with Crippen LogP contribution in [0.1, 0.15) is 39.0 Å². The summed E-state index contributed by atoms with van der Waals surface area (Å²) in [6.07, 6.45) is 5.24. The van der Waals surface area contributed by atoms with Gasteiger partial charge >= 0.3 is 12.0 Å². The lowest BCUT2D eigenvalue weighted by atomic mass is 10.2. The minimum Gasteiger partial charge on any atom is -0.480 e. The van der Waals surface area contributed by atoms with E-state index in [9.17, 15) is 9.59 Å². The molecule has 2 aliphatic carbocycles. The van der Waals surface area contributed by atoms with Gasteiger partial charge in [0.05, 0.1) is 0 Å². The molecule has 0 aromatic rings. The van der Waals surface area contributed by atoms with Gasteiger partial charge in [0.15, 0.2) is 0 Å². The quantitative estimate of drug-likeness (QED) is 0.830. The van der Waals surface area contributed by atoms with Crippen molar-refractivity contribution in [2.45, 2.75) is 45.1 Å². The van der Waals surface area contributed by atoms with Gasteiger partial charge in [-0.1, -0.05) is 19.8 Å². The maximum absolute atomic E-state index is 12.4. The largest absolute Gasteiger partial charge is 0.480 e. The van der Waals surface area contributed by atoms with Crippen molar-refractivity contribution < 1.29 is 14.7 Å². The van der Waals surface area contributed by atoms with Crippen LogP contribution >= 0.6 is 0 Å². The Bertz CT molecular complexity index is 353.